The molecule has 0 fully saturated rings. The zero-order valence-corrected chi connectivity index (χ0v) is 13.4. The molecule has 0 atom stereocenters. The first kappa shape index (κ1) is 15.8. The molecule has 0 amide bonds. The van der Waals surface area contributed by atoms with E-state index in [2.05, 4.69) is 9.72 Å². The Bertz CT molecular complexity index is 869. The Morgan fingerprint density at radius 3 is 2.74 bits per heavy atom. The smallest absolute Gasteiger partial charge is 0.340 e. The van der Waals surface area contributed by atoms with Gasteiger partial charge in [0.2, 0.25) is 0 Å². The Morgan fingerprint density at radius 1 is 1.26 bits per heavy atom. The number of hydrogen-bond donors (Lipinski definition) is 0. The summed E-state index contributed by atoms with van der Waals surface area (Å²) >= 11 is 11.9. The quantitative estimate of drug-likeness (QED) is 0.643. The Balaban J connectivity index is 1.94. The van der Waals surface area contributed by atoms with E-state index in [1.165, 1.54) is 19.2 Å². The van der Waals surface area contributed by atoms with Crippen molar-refractivity contribution < 1.29 is 18.3 Å². The highest BCUT2D eigenvalue weighted by Gasteiger charge is 2.15. The van der Waals surface area contributed by atoms with Crippen LogP contribution in [-0.4, -0.2) is 18.1 Å². The van der Waals surface area contributed by atoms with Gasteiger partial charge < -0.3 is 9.15 Å². The highest BCUT2D eigenvalue weighted by atomic mass is 35.5. The molecule has 118 valence electrons. The van der Waals surface area contributed by atoms with Crippen LogP contribution in [-0.2, 0) is 11.2 Å². The maximum absolute atomic E-state index is 13.6. The lowest BCUT2D eigenvalue weighted by Gasteiger charge is -2.03. The van der Waals surface area contributed by atoms with Gasteiger partial charge in [0.1, 0.15) is 11.3 Å². The summed E-state index contributed by atoms with van der Waals surface area (Å²) in [4.78, 5) is 15.8. The lowest BCUT2D eigenvalue weighted by molar-refractivity contribution is 0.0595. The fraction of sp³-hybridized carbons (Fsp3) is 0.125. The molecule has 0 N–H and O–H groups in total. The third kappa shape index (κ3) is 3.16. The number of aromatic nitrogens is 1. The number of rotatable bonds is 3. The second-order valence-electron chi connectivity index (χ2n) is 4.82. The minimum atomic E-state index is -0.736. The van der Waals surface area contributed by atoms with E-state index in [-0.39, 0.29) is 12.0 Å². The van der Waals surface area contributed by atoms with Gasteiger partial charge in [-0.3, -0.25) is 0 Å². The molecule has 0 saturated heterocycles. The number of ether oxygens (including phenoxy) is 1. The lowest BCUT2D eigenvalue weighted by atomic mass is 10.1. The molecule has 0 spiro atoms. The van der Waals surface area contributed by atoms with Gasteiger partial charge in [0.25, 0.3) is 0 Å². The lowest BCUT2D eigenvalue weighted by Crippen LogP contribution is -2.05. The number of carbonyl (C=O) groups is 1. The summed E-state index contributed by atoms with van der Waals surface area (Å²) in [7, 11) is 1.20. The molecule has 0 aliphatic carbocycles. The van der Waals surface area contributed by atoms with E-state index >= 15 is 0 Å². The van der Waals surface area contributed by atoms with Crippen LogP contribution in [0.3, 0.4) is 0 Å². The average molecular weight is 354 g/mol. The van der Waals surface area contributed by atoms with Gasteiger partial charge in [-0.15, -0.1) is 0 Å². The minimum absolute atomic E-state index is 0.132. The van der Waals surface area contributed by atoms with Crippen molar-refractivity contribution in [1.29, 1.82) is 0 Å². The van der Waals surface area contributed by atoms with Crippen LogP contribution in [0.1, 0.15) is 21.8 Å². The SMILES string of the molecule is COC(=O)c1cc(Cc2nc3cc(Cl)c(Cl)cc3o2)ccc1F. The third-order valence-corrected chi connectivity index (χ3v) is 3.99. The Hall–Kier alpha value is -2.11. The van der Waals surface area contributed by atoms with Gasteiger partial charge in [-0.05, 0) is 23.8 Å². The summed E-state index contributed by atoms with van der Waals surface area (Å²) in [5, 5.41) is 0.755. The first-order valence-electron chi connectivity index (χ1n) is 6.59. The summed E-state index contributed by atoms with van der Waals surface area (Å²) in [6, 6.07) is 7.36. The fourth-order valence-corrected chi connectivity index (χ4v) is 2.48. The van der Waals surface area contributed by atoms with Gasteiger partial charge in [0, 0.05) is 12.5 Å². The van der Waals surface area contributed by atoms with Crippen molar-refractivity contribution in [3.05, 3.63) is 63.2 Å². The molecule has 1 aromatic heterocycles. The highest BCUT2D eigenvalue weighted by Crippen LogP contribution is 2.28. The highest BCUT2D eigenvalue weighted by molar-refractivity contribution is 6.42. The molecule has 23 heavy (non-hydrogen) atoms. The van der Waals surface area contributed by atoms with Gasteiger partial charge in [-0.1, -0.05) is 29.3 Å². The van der Waals surface area contributed by atoms with Crippen molar-refractivity contribution in [2.45, 2.75) is 6.42 Å². The maximum atomic E-state index is 13.6. The predicted octanol–water partition coefficient (Wildman–Crippen LogP) is 4.65. The first-order valence-corrected chi connectivity index (χ1v) is 7.34. The van der Waals surface area contributed by atoms with Crippen LogP contribution in [0.25, 0.3) is 11.1 Å². The molecule has 1 heterocycles. The van der Waals surface area contributed by atoms with Crippen LogP contribution in [0.2, 0.25) is 10.0 Å². The van der Waals surface area contributed by atoms with Crippen molar-refractivity contribution in [2.24, 2.45) is 0 Å². The zero-order valence-electron chi connectivity index (χ0n) is 11.9. The van der Waals surface area contributed by atoms with E-state index in [4.69, 9.17) is 27.6 Å². The van der Waals surface area contributed by atoms with Gasteiger partial charge in [-0.2, -0.15) is 0 Å². The van der Waals surface area contributed by atoms with Gasteiger partial charge in [0.15, 0.2) is 11.5 Å². The number of hydrogen-bond acceptors (Lipinski definition) is 4. The molecule has 0 bridgehead atoms. The van der Waals surface area contributed by atoms with Gasteiger partial charge in [-0.25, -0.2) is 14.2 Å². The zero-order chi connectivity index (χ0) is 16.6. The summed E-state index contributed by atoms with van der Waals surface area (Å²) in [5.74, 6) is -0.974. The monoisotopic (exact) mass is 353 g/mol. The number of methoxy groups -OCH3 is 1. The normalized spacial score (nSPS) is 11.0. The number of nitrogens with zero attached hydrogens (tertiary/aromatic N) is 1. The molecule has 2 aromatic carbocycles. The second kappa shape index (κ2) is 6.18. The first-order chi connectivity index (χ1) is 11.0. The molecular weight excluding hydrogens is 344 g/mol. The summed E-state index contributed by atoms with van der Waals surface area (Å²) < 4.78 is 23.8. The number of benzene rings is 2. The molecule has 0 unspecified atom stereocenters. The van der Waals surface area contributed by atoms with E-state index in [1.54, 1.807) is 18.2 Å². The largest absolute Gasteiger partial charge is 0.465 e. The van der Waals surface area contributed by atoms with Gasteiger partial charge >= 0.3 is 5.97 Å². The summed E-state index contributed by atoms with van der Waals surface area (Å²) in [5.41, 5.74) is 1.61. The van der Waals surface area contributed by atoms with Crippen LogP contribution < -0.4 is 0 Å². The molecule has 0 saturated carbocycles. The minimum Gasteiger partial charge on any atom is -0.465 e. The number of oxazole rings is 1. The summed E-state index contributed by atoms with van der Waals surface area (Å²) in [6.45, 7) is 0. The molecular formula is C16H10Cl2FNO3. The molecule has 0 aliphatic rings. The molecule has 4 nitrogen and oxygen atoms in total. The van der Waals surface area contributed by atoms with Crippen molar-refractivity contribution in [2.75, 3.05) is 7.11 Å². The topological polar surface area (TPSA) is 52.3 Å². The standard InChI is InChI=1S/C16H10Cl2FNO3/c1-22-16(21)9-4-8(2-3-12(9)19)5-15-20-13-6-10(17)11(18)7-14(13)23-15/h2-4,6-7H,5H2,1H3. The molecule has 0 aliphatic heterocycles. The second-order valence-corrected chi connectivity index (χ2v) is 5.64. The molecule has 7 heteroatoms. The van der Waals surface area contributed by atoms with Gasteiger partial charge in [0.05, 0.1) is 22.7 Å². The number of carbonyl (C=O) groups excluding carboxylic acids is 1. The summed E-state index contributed by atoms with van der Waals surface area (Å²) in [6.07, 6.45) is 0.286. The molecule has 3 rings (SSSR count). The molecule has 0 radical (unpaired) electrons. The van der Waals surface area contributed by atoms with E-state index in [9.17, 15) is 9.18 Å². The van der Waals surface area contributed by atoms with Crippen molar-refractivity contribution in [3.8, 4) is 0 Å². The van der Waals surface area contributed by atoms with Crippen LogP contribution >= 0.6 is 23.2 Å². The van der Waals surface area contributed by atoms with Crippen molar-refractivity contribution >= 4 is 40.3 Å². The fourth-order valence-electron chi connectivity index (χ4n) is 2.17. The number of esters is 1. The van der Waals surface area contributed by atoms with Crippen LogP contribution in [0.4, 0.5) is 4.39 Å². The molecule has 3 aromatic rings. The van der Waals surface area contributed by atoms with Crippen molar-refractivity contribution in [3.63, 3.8) is 0 Å². The maximum Gasteiger partial charge on any atom is 0.340 e. The van der Waals surface area contributed by atoms with Crippen LogP contribution in [0.15, 0.2) is 34.7 Å². The Kier molecular flexibility index (Phi) is 4.24. The van der Waals surface area contributed by atoms with Crippen LogP contribution in [0, 0.1) is 5.82 Å². The predicted molar refractivity (Wildman–Crippen MR) is 84.6 cm³/mol. The Morgan fingerprint density at radius 2 is 2.00 bits per heavy atom. The van der Waals surface area contributed by atoms with Crippen LogP contribution in [0.5, 0.6) is 0 Å². The number of fused-ring (bicyclic) bond motifs is 1. The Labute approximate surface area is 140 Å². The van der Waals surface area contributed by atoms with E-state index < -0.39 is 11.8 Å². The van der Waals surface area contributed by atoms with E-state index in [1.807, 2.05) is 0 Å². The average Bonchev–Trinajstić information content (AvgIpc) is 2.90. The van der Waals surface area contributed by atoms with Crippen molar-refractivity contribution in [1.82, 2.24) is 4.98 Å². The van der Waals surface area contributed by atoms with E-state index in [0.717, 1.165) is 0 Å². The van der Waals surface area contributed by atoms with E-state index in [0.29, 0.717) is 32.6 Å². The third-order valence-electron chi connectivity index (χ3n) is 3.27. The number of halogens is 3.